The maximum atomic E-state index is 11.9. The largest absolute Gasteiger partial charge is 0.352 e. The summed E-state index contributed by atoms with van der Waals surface area (Å²) < 4.78 is 0. The van der Waals surface area contributed by atoms with Gasteiger partial charge in [-0.05, 0) is 57.2 Å². The molecule has 1 unspecified atom stereocenters. The molecule has 0 radical (unpaired) electrons. The minimum Gasteiger partial charge on any atom is -0.352 e. The molecular formula is C22H37N5O. The van der Waals surface area contributed by atoms with Gasteiger partial charge in [-0.2, -0.15) is 0 Å². The van der Waals surface area contributed by atoms with Crippen molar-refractivity contribution in [3.05, 3.63) is 35.4 Å². The van der Waals surface area contributed by atoms with Crippen molar-refractivity contribution in [1.29, 1.82) is 0 Å². The Labute approximate surface area is 170 Å². The molecule has 1 atom stereocenters. The standard InChI is InChI=1S/C22H37N5O/c1-17-7-6-12-27(15-17)16-19-10-8-18(9-11-19)13-24-21(23-5)25-14-20(28)26-22(2,3)4/h8-11,17H,6-7,12-16H2,1-5H3,(H,26,28)(H2,23,24,25). The van der Waals surface area contributed by atoms with Crippen LogP contribution in [0.4, 0.5) is 0 Å². The molecule has 6 nitrogen and oxygen atoms in total. The Hall–Kier alpha value is -2.08. The predicted molar refractivity (Wildman–Crippen MR) is 116 cm³/mol. The first kappa shape index (κ1) is 22.2. The van der Waals surface area contributed by atoms with Gasteiger partial charge in [-0.15, -0.1) is 0 Å². The molecule has 3 N–H and O–H groups in total. The molecule has 1 aromatic carbocycles. The third kappa shape index (κ3) is 8.30. The fraction of sp³-hybridized carbons (Fsp3) is 0.636. The van der Waals surface area contributed by atoms with Gasteiger partial charge in [0.2, 0.25) is 5.91 Å². The number of likely N-dealkylation sites (tertiary alicyclic amines) is 1. The minimum atomic E-state index is -0.232. The van der Waals surface area contributed by atoms with Crippen LogP contribution < -0.4 is 16.0 Å². The summed E-state index contributed by atoms with van der Waals surface area (Å²) in [4.78, 5) is 18.6. The van der Waals surface area contributed by atoms with E-state index in [-0.39, 0.29) is 18.0 Å². The quantitative estimate of drug-likeness (QED) is 0.518. The fourth-order valence-corrected chi connectivity index (χ4v) is 3.48. The number of hydrogen-bond acceptors (Lipinski definition) is 3. The summed E-state index contributed by atoms with van der Waals surface area (Å²) in [5.74, 6) is 1.38. The Bertz CT molecular complexity index is 648. The number of rotatable bonds is 6. The van der Waals surface area contributed by atoms with Crippen molar-refractivity contribution in [3.63, 3.8) is 0 Å². The lowest BCUT2D eigenvalue weighted by atomic mass is 9.99. The lowest BCUT2D eigenvalue weighted by Crippen LogP contribution is -2.48. The average molecular weight is 388 g/mol. The van der Waals surface area contributed by atoms with Gasteiger partial charge in [0.15, 0.2) is 5.96 Å². The maximum absolute atomic E-state index is 11.9. The smallest absolute Gasteiger partial charge is 0.239 e. The van der Waals surface area contributed by atoms with Crippen molar-refractivity contribution < 1.29 is 4.79 Å². The summed E-state index contributed by atoms with van der Waals surface area (Å²) >= 11 is 0. The van der Waals surface area contributed by atoms with Crippen LogP contribution >= 0.6 is 0 Å². The first-order valence-electron chi connectivity index (χ1n) is 10.3. The molecule has 0 bridgehead atoms. The summed E-state index contributed by atoms with van der Waals surface area (Å²) in [6.07, 6.45) is 2.66. The monoisotopic (exact) mass is 387 g/mol. The van der Waals surface area contributed by atoms with E-state index >= 15 is 0 Å². The van der Waals surface area contributed by atoms with Crippen LogP contribution in [0.25, 0.3) is 0 Å². The van der Waals surface area contributed by atoms with Gasteiger partial charge >= 0.3 is 0 Å². The van der Waals surface area contributed by atoms with Crippen LogP contribution in [-0.2, 0) is 17.9 Å². The van der Waals surface area contributed by atoms with Crippen LogP contribution in [0, 0.1) is 5.92 Å². The number of guanidine groups is 1. The predicted octanol–water partition coefficient (Wildman–Crippen LogP) is 2.50. The number of amides is 1. The van der Waals surface area contributed by atoms with Gasteiger partial charge in [0.25, 0.3) is 0 Å². The second-order valence-corrected chi connectivity index (χ2v) is 8.88. The zero-order chi connectivity index (χ0) is 20.6. The molecule has 6 heteroatoms. The highest BCUT2D eigenvalue weighted by Gasteiger charge is 2.16. The molecule has 1 heterocycles. The van der Waals surface area contributed by atoms with Gasteiger partial charge < -0.3 is 16.0 Å². The highest BCUT2D eigenvalue weighted by atomic mass is 16.2. The number of benzene rings is 1. The van der Waals surface area contributed by atoms with Crippen LogP contribution in [0.5, 0.6) is 0 Å². The minimum absolute atomic E-state index is 0.0492. The Kier molecular flexibility index (Phi) is 8.30. The highest BCUT2D eigenvalue weighted by Crippen LogP contribution is 2.18. The normalized spacial score (nSPS) is 18.6. The van der Waals surface area contributed by atoms with E-state index in [2.05, 4.69) is 57.0 Å². The van der Waals surface area contributed by atoms with Crippen LogP contribution in [0.3, 0.4) is 0 Å². The zero-order valence-corrected chi connectivity index (χ0v) is 18.1. The first-order chi connectivity index (χ1) is 13.2. The Morgan fingerprint density at radius 3 is 2.46 bits per heavy atom. The van der Waals surface area contributed by atoms with Crippen molar-refractivity contribution >= 4 is 11.9 Å². The second-order valence-electron chi connectivity index (χ2n) is 8.88. The molecule has 2 rings (SSSR count). The van der Waals surface area contributed by atoms with Crippen LogP contribution in [0.2, 0.25) is 0 Å². The molecule has 0 aliphatic carbocycles. The molecule has 156 valence electrons. The first-order valence-corrected chi connectivity index (χ1v) is 10.3. The van der Waals surface area contributed by atoms with Crippen LogP contribution in [-0.4, -0.2) is 49.0 Å². The van der Waals surface area contributed by atoms with Crippen LogP contribution in [0.1, 0.15) is 51.7 Å². The van der Waals surface area contributed by atoms with Gasteiger partial charge in [-0.25, -0.2) is 0 Å². The van der Waals surface area contributed by atoms with E-state index in [0.717, 1.165) is 12.5 Å². The van der Waals surface area contributed by atoms with Crippen molar-refractivity contribution in [2.45, 2.75) is 59.2 Å². The van der Waals surface area contributed by atoms with E-state index < -0.39 is 0 Å². The van der Waals surface area contributed by atoms with E-state index in [0.29, 0.717) is 12.5 Å². The summed E-state index contributed by atoms with van der Waals surface area (Å²) in [6, 6.07) is 8.75. The van der Waals surface area contributed by atoms with Crippen molar-refractivity contribution in [2.75, 3.05) is 26.7 Å². The molecule has 0 aromatic heterocycles. The lowest BCUT2D eigenvalue weighted by Gasteiger charge is -2.30. The topological polar surface area (TPSA) is 68.8 Å². The van der Waals surface area contributed by atoms with Gasteiger partial charge in [0.05, 0.1) is 6.54 Å². The van der Waals surface area contributed by atoms with Crippen molar-refractivity contribution in [3.8, 4) is 0 Å². The zero-order valence-electron chi connectivity index (χ0n) is 18.1. The summed E-state index contributed by atoms with van der Waals surface area (Å²) in [7, 11) is 1.71. The SMILES string of the molecule is CN=C(NCC(=O)NC(C)(C)C)NCc1ccc(CN2CCCC(C)C2)cc1. The molecule has 1 fully saturated rings. The van der Waals surface area contributed by atoms with E-state index in [1.807, 2.05) is 20.8 Å². The van der Waals surface area contributed by atoms with Crippen molar-refractivity contribution in [2.24, 2.45) is 10.9 Å². The average Bonchev–Trinajstić information content (AvgIpc) is 2.62. The molecule has 1 aliphatic heterocycles. The molecule has 1 saturated heterocycles. The van der Waals surface area contributed by atoms with Gasteiger partial charge in [-0.3, -0.25) is 14.7 Å². The maximum Gasteiger partial charge on any atom is 0.239 e. The fourth-order valence-electron chi connectivity index (χ4n) is 3.48. The molecule has 0 saturated carbocycles. The third-order valence-corrected chi connectivity index (χ3v) is 4.78. The number of aliphatic imine (C=N–C) groups is 1. The summed E-state index contributed by atoms with van der Waals surface area (Å²) in [5.41, 5.74) is 2.32. The summed E-state index contributed by atoms with van der Waals surface area (Å²) in [5, 5.41) is 9.24. The molecule has 1 amide bonds. The number of nitrogens with zero attached hydrogens (tertiary/aromatic N) is 2. The Morgan fingerprint density at radius 1 is 1.18 bits per heavy atom. The second kappa shape index (κ2) is 10.5. The van der Waals surface area contributed by atoms with Gasteiger partial charge in [0.1, 0.15) is 0 Å². The Balaban J connectivity index is 1.75. The van der Waals surface area contributed by atoms with E-state index in [1.165, 1.54) is 37.1 Å². The number of piperidine rings is 1. The number of hydrogen-bond donors (Lipinski definition) is 3. The lowest BCUT2D eigenvalue weighted by molar-refractivity contribution is -0.121. The molecule has 1 aliphatic rings. The van der Waals surface area contributed by atoms with E-state index in [4.69, 9.17) is 0 Å². The number of nitrogens with one attached hydrogen (secondary N) is 3. The molecule has 1 aromatic rings. The number of carbonyl (C=O) groups excluding carboxylic acids is 1. The molecule has 28 heavy (non-hydrogen) atoms. The molecule has 0 spiro atoms. The van der Waals surface area contributed by atoms with E-state index in [1.54, 1.807) is 7.05 Å². The van der Waals surface area contributed by atoms with Gasteiger partial charge in [0, 0.05) is 32.2 Å². The van der Waals surface area contributed by atoms with Gasteiger partial charge in [-0.1, -0.05) is 31.2 Å². The van der Waals surface area contributed by atoms with Crippen LogP contribution in [0.15, 0.2) is 29.3 Å². The summed E-state index contributed by atoms with van der Waals surface area (Å²) in [6.45, 7) is 12.5. The van der Waals surface area contributed by atoms with Crippen molar-refractivity contribution in [1.82, 2.24) is 20.9 Å². The third-order valence-electron chi connectivity index (χ3n) is 4.78. The Morgan fingerprint density at radius 2 is 1.86 bits per heavy atom. The highest BCUT2D eigenvalue weighted by molar-refractivity contribution is 5.86. The van der Waals surface area contributed by atoms with E-state index in [9.17, 15) is 4.79 Å². The molecular weight excluding hydrogens is 350 g/mol. The number of carbonyl (C=O) groups is 1.